The number of fused-ring (bicyclic) bond motifs is 1. The van der Waals surface area contributed by atoms with Crippen LogP contribution in [0.25, 0.3) is 11.0 Å². The molecule has 0 aliphatic heterocycles. The smallest absolute Gasteiger partial charge is 0.229 e. The van der Waals surface area contributed by atoms with Crippen molar-refractivity contribution in [1.82, 2.24) is 29.5 Å². The summed E-state index contributed by atoms with van der Waals surface area (Å²) in [5.74, 6) is 0.529. The minimum Gasteiger partial charge on any atom is -0.321 e. The second-order valence-corrected chi connectivity index (χ2v) is 5.79. The third kappa shape index (κ3) is 2.83. The minimum atomic E-state index is 0.529. The number of rotatable bonds is 4. The van der Waals surface area contributed by atoms with Gasteiger partial charge in [-0.2, -0.15) is 15.2 Å². The number of anilines is 2. The summed E-state index contributed by atoms with van der Waals surface area (Å²) >= 11 is 0. The number of benzene rings is 1. The molecule has 1 aromatic carbocycles. The summed E-state index contributed by atoms with van der Waals surface area (Å²) in [6, 6.07) is 8.39. The van der Waals surface area contributed by atoms with E-state index in [9.17, 15) is 0 Å². The van der Waals surface area contributed by atoms with Gasteiger partial charge in [-0.3, -0.25) is 4.68 Å². The van der Waals surface area contributed by atoms with Crippen LogP contribution in [0.5, 0.6) is 0 Å². The van der Waals surface area contributed by atoms with Gasteiger partial charge < -0.3 is 5.32 Å². The van der Waals surface area contributed by atoms with E-state index in [0.29, 0.717) is 12.5 Å². The lowest BCUT2D eigenvalue weighted by atomic mass is 10.1. The highest BCUT2D eigenvalue weighted by atomic mass is 15.3. The van der Waals surface area contributed by atoms with Crippen LogP contribution in [0.1, 0.15) is 11.1 Å². The Morgan fingerprint density at radius 2 is 2.04 bits per heavy atom. The lowest BCUT2D eigenvalue weighted by molar-refractivity contribution is 0.703. The molecule has 4 rings (SSSR count). The fourth-order valence-corrected chi connectivity index (χ4v) is 2.64. The van der Waals surface area contributed by atoms with Crippen LogP contribution in [-0.2, 0) is 13.6 Å². The van der Waals surface area contributed by atoms with Crippen LogP contribution in [0.2, 0.25) is 0 Å². The van der Waals surface area contributed by atoms with Gasteiger partial charge in [0, 0.05) is 19.4 Å². The zero-order valence-corrected chi connectivity index (χ0v) is 13.5. The Morgan fingerprint density at radius 1 is 1.12 bits per heavy atom. The van der Waals surface area contributed by atoms with Gasteiger partial charge in [-0.25, -0.2) is 9.67 Å². The fraction of sp³-hybridized carbons (Fsp3) is 0.176. The monoisotopic (exact) mass is 319 g/mol. The maximum Gasteiger partial charge on any atom is 0.229 e. The molecule has 120 valence electrons. The average molecular weight is 319 g/mol. The quantitative estimate of drug-likeness (QED) is 0.626. The van der Waals surface area contributed by atoms with Gasteiger partial charge in [0.2, 0.25) is 5.95 Å². The standard InChI is InChI=1S/C17H17N7/c1-12-4-3-5-13(6-12)10-24-16-14(8-20-24)7-18-17(22-16)21-15-9-19-23(2)11-15/h3-9,11H,10H2,1-2H3,(H,18,21,22). The van der Waals surface area contributed by atoms with Gasteiger partial charge in [0.1, 0.15) is 0 Å². The molecule has 7 nitrogen and oxygen atoms in total. The van der Waals surface area contributed by atoms with Crippen molar-refractivity contribution in [2.75, 3.05) is 5.32 Å². The van der Waals surface area contributed by atoms with Crippen molar-refractivity contribution in [3.05, 3.63) is 60.2 Å². The average Bonchev–Trinajstić information content (AvgIpc) is 3.14. The molecule has 0 atom stereocenters. The topological polar surface area (TPSA) is 73.5 Å². The van der Waals surface area contributed by atoms with Crippen molar-refractivity contribution >= 4 is 22.7 Å². The van der Waals surface area contributed by atoms with E-state index in [1.807, 2.05) is 17.9 Å². The highest BCUT2D eigenvalue weighted by Gasteiger charge is 2.08. The van der Waals surface area contributed by atoms with Crippen molar-refractivity contribution in [2.45, 2.75) is 13.5 Å². The minimum absolute atomic E-state index is 0.529. The number of hydrogen-bond acceptors (Lipinski definition) is 5. The summed E-state index contributed by atoms with van der Waals surface area (Å²) < 4.78 is 3.61. The van der Waals surface area contributed by atoms with Crippen molar-refractivity contribution < 1.29 is 0 Å². The van der Waals surface area contributed by atoms with Gasteiger partial charge in [0.05, 0.1) is 30.0 Å². The molecule has 0 saturated carbocycles. The van der Waals surface area contributed by atoms with E-state index in [0.717, 1.165) is 16.7 Å². The molecular formula is C17H17N7. The second-order valence-electron chi connectivity index (χ2n) is 5.79. The van der Waals surface area contributed by atoms with Crippen LogP contribution >= 0.6 is 0 Å². The second kappa shape index (κ2) is 5.77. The molecule has 0 fully saturated rings. The van der Waals surface area contributed by atoms with Crippen LogP contribution in [0.4, 0.5) is 11.6 Å². The molecule has 7 heteroatoms. The Morgan fingerprint density at radius 3 is 2.83 bits per heavy atom. The number of aryl methyl sites for hydroxylation is 2. The molecule has 24 heavy (non-hydrogen) atoms. The number of aromatic nitrogens is 6. The molecule has 1 N–H and O–H groups in total. The van der Waals surface area contributed by atoms with Gasteiger partial charge in [-0.1, -0.05) is 29.8 Å². The molecule has 0 aliphatic rings. The molecule has 0 radical (unpaired) electrons. The molecule has 0 bridgehead atoms. The molecule has 0 unspecified atom stereocenters. The van der Waals surface area contributed by atoms with E-state index >= 15 is 0 Å². The molecule has 4 aromatic rings. The Kier molecular flexibility index (Phi) is 3.45. The first kappa shape index (κ1) is 14.4. The Balaban J connectivity index is 1.65. The van der Waals surface area contributed by atoms with E-state index in [1.165, 1.54) is 11.1 Å². The molecule has 0 saturated heterocycles. The van der Waals surface area contributed by atoms with Gasteiger partial charge in [-0.05, 0) is 12.5 Å². The maximum absolute atomic E-state index is 4.60. The summed E-state index contributed by atoms with van der Waals surface area (Å²) in [6.45, 7) is 2.76. The largest absolute Gasteiger partial charge is 0.321 e. The summed E-state index contributed by atoms with van der Waals surface area (Å²) in [4.78, 5) is 8.93. The van der Waals surface area contributed by atoms with Crippen molar-refractivity contribution in [3.8, 4) is 0 Å². The van der Waals surface area contributed by atoms with E-state index < -0.39 is 0 Å². The predicted molar refractivity (Wildman–Crippen MR) is 92.1 cm³/mol. The zero-order chi connectivity index (χ0) is 16.5. The van der Waals surface area contributed by atoms with Crippen molar-refractivity contribution in [3.63, 3.8) is 0 Å². The van der Waals surface area contributed by atoms with Crippen LogP contribution in [0.15, 0.2) is 49.1 Å². The van der Waals surface area contributed by atoms with Crippen LogP contribution in [0, 0.1) is 6.92 Å². The highest BCUT2D eigenvalue weighted by molar-refractivity contribution is 5.75. The molecular weight excluding hydrogens is 302 g/mol. The SMILES string of the molecule is Cc1cccc(Cn2ncc3cnc(Nc4cnn(C)c4)nc32)c1. The molecule has 0 aliphatic carbocycles. The fourth-order valence-electron chi connectivity index (χ4n) is 2.64. The third-order valence-electron chi connectivity index (χ3n) is 3.75. The van der Waals surface area contributed by atoms with E-state index in [4.69, 9.17) is 0 Å². The van der Waals surface area contributed by atoms with Gasteiger partial charge in [0.15, 0.2) is 5.65 Å². The normalized spacial score (nSPS) is 11.1. The Hall–Kier alpha value is -3.22. The highest BCUT2D eigenvalue weighted by Crippen LogP contribution is 2.17. The van der Waals surface area contributed by atoms with Gasteiger partial charge >= 0.3 is 0 Å². The lowest BCUT2D eigenvalue weighted by Crippen LogP contribution is -2.04. The summed E-state index contributed by atoms with van der Waals surface area (Å²) in [6.07, 6.45) is 7.18. The molecule has 3 aromatic heterocycles. The number of nitrogens with zero attached hydrogens (tertiary/aromatic N) is 6. The third-order valence-corrected chi connectivity index (χ3v) is 3.75. The maximum atomic E-state index is 4.60. The lowest BCUT2D eigenvalue weighted by Gasteiger charge is -2.06. The zero-order valence-electron chi connectivity index (χ0n) is 13.5. The Bertz CT molecular complexity index is 999. The van der Waals surface area contributed by atoms with Crippen molar-refractivity contribution in [2.24, 2.45) is 7.05 Å². The van der Waals surface area contributed by atoms with Gasteiger partial charge in [-0.15, -0.1) is 0 Å². The van der Waals surface area contributed by atoms with Crippen LogP contribution in [-0.4, -0.2) is 29.5 Å². The predicted octanol–water partition coefficient (Wildman–Crippen LogP) is 2.66. The van der Waals surface area contributed by atoms with E-state index in [1.54, 1.807) is 23.3 Å². The first-order chi connectivity index (χ1) is 11.7. The number of hydrogen-bond donors (Lipinski definition) is 1. The number of nitrogens with one attached hydrogen (secondary N) is 1. The molecule has 0 spiro atoms. The van der Waals surface area contributed by atoms with Crippen molar-refractivity contribution in [1.29, 1.82) is 0 Å². The van der Waals surface area contributed by atoms with Crippen LogP contribution in [0.3, 0.4) is 0 Å². The summed E-state index contributed by atoms with van der Waals surface area (Å²) in [5, 5.41) is 12.6. The first-order valence-corrected chi connectivity index (χ1v) is 7.67. The Labute approximate surface area is 139 Å². The molecule has 0 amide bonds. The van der Waals surface area contributed by atoms with Crippen LogP contribution < -0.4 is 5.32 Å². The van der Waals surface area contributed by atoms with E-state index in [-0.39, 0.29) is 0 Å². The molecule has 3 heterocycles. The van der Waals surface area contributed by atoms with E-state index in [2.05, 4.69) is 56.7 Å². The summed E-state index contributed by atoms with van der Waals surface area (Å²) in [5.41, 5.74) is 4.08. The summed E-state index contributed by atoms with van der Waals surface area (Å²) in [7, 11) is 1.87. The first-order valence-electron chi connectivity index (χ1n) is 7.67. The van der Waals surface area contributed by atoms with Gasteiger partial charge in [0.25, 0.3) is 0 Å².